The monoisotopic (exact) mass is 617 g/mol. The Kier molecular flexibility index (Phi) is 8.27. The molecule has 4 aromatic rings. The fourth-order valence-corrected chi connectivity index (χ4v) is 7.47. The number of carbonyl (C=O) groups excluding carboxylic acids is 4. The van der Waals surface area contributed by atoms with Crippen molar-refractivity contribution in [1.29, 1.82) is 0 Å². The number of carbonyl (C=O) groups is 4. The molecular formula is C32H32ClN5O4S. The molecule has 4 unspecified atom stereocenters. The van der Waals surface area contributed by atoms with E-state index < -0.39 is 35.7 Å². The summed E-state index contributed by atoms with van der Waals surface area (Å²) in [6.45, 7) is 6.99. The highest BCUT2D eigenvalue weighted by Crippen LogP contribution is 2.53. The van der Waals surface area contributed by atoms with Gasteiger partial charge in [-0.3, -0.25) is 23.9 Å². The van der Waals surface area contributed by atoms with Crippen molar-refractivity contribution in [3.8, 4) is 0 Å². The van der Waals surface area contributed by atoms with E-state index in [0.29, 0.717) is 33.6 Å². The average molecular weight is 618 g/mol. The van der Waals surface area contributed by atoms with Gasteiger partial charge < -0.3 is 16.0 Å². The van der Waals surface area contributed by atoms with Gasteiger partial charge in [-0.2, -0.15) is 5.10 Å². The summed E-state index contributed by atoms with van der Waals surface area (Å²) in [7, 11) is 1.68. The van der Waals surface area contributed by atoms with Crippen LogP contribution in [0.4, 0.5) is 5.69 Å². The predicted molar refractivity (Wildman–Crippen MR) is 166 cm³/mol. The molecule has 2 aromatic carbocycles. The van der Waals surface area contributed by atoms with E-state index >= 15 is 0 Å². The van der Waals surface area contributed by atoms with Crippen molar-refractivity contribution in [1.82, 2.24) is 14.7 Å². The highest BCUT2D eigenvalue weighted by atomic mass is 35.5. The van der Waals surface area contributed by atoms with E-state index in [-0.39, 0.29) is 16.8 Å². The first-order valence-electron chi connectivity index (χ1n) is 13.8. The molecule has 3 amide bonds. The van der Waals surface area contributed by atoms with Crippen molar-refractivity contribution < 1.29 is 19.2 Å². The minimum absolute atomic E-state index is 0.225. The van der Waals surface area contributed by atoms with Crippen molar-refractivity contribution in [3.05, 3.63) is 104 Å². The number of nitrogens with zero attached hydrogens (tertiary/aromatic N) is 3. The maximum absolute atomic E-state index is 14.8. The quantitative estimate of drug-likeness (QED) is 0.270. The zero-order valence-electron chi connectivity index (χ0n) is 24.4. The van der Waals surface area contributed by atoms with Gasteiger partial charge in [0.25, 0.3) is 5.91 Å². The summed E-state index contributed by atoms with van der Waals surface area (Å²) in [5.74, 6) is -3.44. The Morgan fingerprint density at radius 1 is 1.00 bits per heavy atom. The summed E-state index contributed by atoms with van der Waals surface area (Å²) in [6.07, 6.45) is 0. The summed E-state index contributed by atoms with van der Waals surface area (Å²) >= 11 is 8.35. The van der Waals surface area contributed by atoms with E-state index in [1.165, 1.54) is 27.8 Å². The van der Waals surface area contributed by atoms with Gasteiger partial charge in [0.05, 0.1) is 17.7 Å². The van der Waals surface area contributed by atoms with E-state index in [1.807, 2.05) is 19.9 Å². The van der Waals surface area contributed by atoms with Crippen LogP contribution >= 0.6 is 22.9 Å². The number of likely N-dealkylation sites (tertiary alicyclic amines) is 1. The number of hydrogen-bond acceptors (Lipinski definition) is 6. The molecule has 0 spiro atoms. The Hall–Kier alpha value is -4.28. The number of ketones is 1. The molecule has 222 valence electrons. The van der Waals surface area contributed by atoms with Crippen LogP contribution in [-0.2, 0) is 16.6 Å². The summed E-state index contributed by atoms with van der Waals surface area (Å²) < 4.78 is 1.49. The fourth-order valence-electron chi connectivity index (χ4n) is 6.25. The maximum Gasteiger partial charge on any atom is 0.255 e. The molecule has 1 aliphatic rings. The van der Waals surface area contributed by atoms with Crippen LogP contribution in [0.5, 0.6) is 0 Å². The lowest BCUT2D eigenvalue weighted by molar-refractivity contribution is -0.122. The largest absolute Gasteiger partial charge is 0.368 e. The van der Waals surface area contributed by atoms with E-state index in [0.717, 1.165) is 9.75 Å². The summed E-state index contributed by atoms with van der Waals surface area (Å²) in [5, 5.41) is 7.49. The molecule has 3 N–H and O–H groups in total. The van der Waals surface area contributed by atoms with Gasteiger partial charge in [0.15, 0.2) is 5.78 Å². The Morgan fingerprint density at radius 2 is 1.65 bits per heavy atom. The number of aromatic nitrogens is 2. The molecule has 1 aliphatic heterocycles. The molecule has 2 aromatic heterocycles. The minimum atomic E-state index is -1.20. The standard InChI is InChI=1S/C32H32ClN5O4S/c1-16-15-23(18(3)43-16)29(40)26-25(20-11-13-22(14-12-20)35-19(4)39)28(31(34)41)38(32(42)21-9-7-6-8-10-21)27(26)24-17(2)36-37(5)30(24)33/h6-15,25-28H,1-5H3,(H2,34,41)(H,35,39). The number of halogens is 1. The second-order valence-electron chi connectivity index (χ2n) is 10.8. The van der Waals surface area contributed by atoms with E-state index in [4.69, 9.17) is 17.3 Å². The fraction of sp³-hybridized carbons (Fsp3) is 0.281. The number of Topliss-reactive ketones (excluding diaryl/α,β-unsaturated/α-hetero) is 1. The Bertz CT molecular complexity index is 1730. The van der Waals surface area contributed by atoms with Gasteiger partial charge in [-0.05, 0) is 56.7 Å². The topological polar surface area (TPSA) is 127 Å². The van der Waals surface area contributed by atoms with Crippen molar-refractivity contribution in [2.75, 3.05) is 5.32 Å². The van der Waals surface area contributed by atoms with Gasteiger partial charge in [0.2, 0.25) is 11.8 Å². The molecule has 3 heterocycles. The molecule has 9 nitrogen and oxygen atoms in total. The molecule has 0 saturated carbocycles. The highest BCUT2D eigenvalue weighted by molar-refractivity contribution is 7.12. The lowest BCUT2D eigenvalue weighted by atomic mass is 9.76. The van der Waals surface area contributed by atoms with Gasteiger partial charge in [-0.1, -0.05) is 41.9 Å². The number of amides is 3. The molecule has 0 radical (unpaired) electrons. The first kappa shape index (κ1) is 30.2. The number of benzene rings is 2. The number of rotatable bonds is 7. The molecule has 4 atom stereocenters. The van der Waals surface area contributed by atoms with Crippen LogP contribution < -0.4 is 11.1 Å². The van der Waals surface area contributed by atoms with Crippen LogP contribution in [0.3, 0.4) is 0 Å². The summed E-state index contributed by atoms with van der Waals surface area (Å²) in [6, 6.07) is 15.2. The third-order valence-electron chi connectivity index (χ3n) is 7.93. The van der Waals surface area contributed by atoms with Crippen LogP contribution in [0.25, 0.3) is 0 Å². The van der Waals surface area contributed by atoms with Crippen LogP contribution in [0, 0.1) is 26.7 Å². The molecule has 0 aliphatic carbocycles. The number of primary amides is 1. The van der Waals surface area contributed by atoms with Gasteiger partial charge in [-0.15, -0.1) is 11.3 Å². The minimum Gasteiger partial charge on any atom is -0.368 e. The maximum atomic E-state index is 14.8. The molecule has 1 saturated heterocycles. The number of nitrogens with one attached hydrogen (secondary N) is 1. The van der Waals surface area contributed by atoms with E-state index in [9.17, 15) is 19.2 Å². The number of thiophene rings is 1. The SMILES string of the molecule is CC(=O)Nc1ccc(C2C(C(=O)c3cc(C)sc3C)C(c3c(C)nn(C)c3Cl)N(C(=O)c3ccccc3)C2C(N)=O)cc1. The van der Waals surface area contributed by atoms with E-state index in [2.05, 4.69) is 10.4 Å². The average Bonchev–Trinajstić information content (AvgIpc) is 3.57. The first-order chi connectivity index (χ1) is 20.4. The predicted octanol–water partition coefficient (Wildman–Crippen LogP) is 5.35. The summed E-state index contributed by atoms with van der Waals surface area (Å²) in [4.78, 5) is 57.5. The Balaban J connectivity index is 1.80. The number of anilines is 1. The number of nitrogens with two attached hydrogens (primary N) is 1. The zero-order chi connectivity index (χ0) is 31.2. The second-order valence-corrected chi connectivity index (χ2v) is 12.6. The van der Waals surface area contributed by atoms with Crippen molar-refractivity contribution in [3.63, 3.8) is 0 Å². The Labute approximate surface area is 258 Å². The molecule has 11 heteroatoms. The second kappa shape index (κ2) is 11.8. The van der Waals surface area contributed by atoms with Crippen molar-refractivity contribution in [2.24, 2.45) is 18.7 Å². The van der Waals surface area contributed by atoms with Crippen LogP contribution in [0.1, 0.15) is 66.2 Å². The normalized spacial score (nSPS) is 19.8. The first-order valence-corrected chi connectivity index (χ1v) is 14.9. The van der Waals surface area contributed by atoms with Crippen LogP contribution in [0.15, 0.2) is 60.7 Å². The van der Waals surface area contributed by atoms with Gasteiger partial charge >= 0.3 is 0 Å². The third-order valence-corrected chi connectivity index (χ3v) is 9.34. The van der Waals surface area contributed by atoms with Gasteiger partial charge in [-0.25, -0.2) is 0 Å². The number of hydrogen-bond donors (Lipinski definition) is 2. The highest BCUT2D eigenvalue weighted by Gasteiger charge is 2.58. The lowest BCUT2D eigenvalue weighted by Crippen LogP contribution is -2.46. The molecular weight excluding hydrogens is 586 g/mol. The lowest BCUT2D eigenvalue weighted by Gasteiger charge is -2.31. The molecule has 43 heavy (non-hydrogen) atoms. The van der Waals surface area contributed by atoms with E-state index in [1.54, 1.807) is 68.6 Å². The Morgan fingerprint density at radius 3 is 2.16 bits per heavy atom. The van der Waals surface area contributed by atoms with Gasteiger partial charge in [0.1, 0.15) is 11.2 Å². The number of aryl methyl sites for hydroxylation is 4. The van der Waals surface area contributed by atoms with Gasteiger partial charge in [0, 0.05) is 52.0 Å². The van der Waals surface area contributed by atoms with Crippen LogP contribution in [-0.4, -0.2) is 44.2 Å². The molecule has 5 rings (SSSR count). The zero-order valence-corrected chi connectivity index (χ0v) is 26.0. The smallest absolute Gasteiger partial charge is 0.255 e. The van der Waals surface area contributed by atoms with Crippen molar-refractivity contribution in [2.45, 2.75) is 45.7 Å². The third kappa shape index (κ3) is 5.48. The molecule has 1 fully saturated rings. The summed E-state index contributed by atoms with van der Waals surface area (Å²) in [5.41, 5.74) is 9.18. The van der Waals surface area contributed by atoms with Crippen LogP contribution in [0.2, 0.25) is 5.15 Å². The molecule has 0 bridgehead atoms. The van der Waals surface area contributed by atoms with Crippen molar-refractivity contribution >= 4 is 52.1 Å².